The molecule has 3 heterocycles. The fourth-order valence-corrected chi connectivity index (χ4v) is 3.93. The number of anilines is 1. The maximum absolute atomic E-state index is 12.3. The van der Waals surface area contributed by atoms with E-state index < -0.39 is 22.8 Å². The molecule has 4 rings (SSSR count). The number of nitrogens with one attached hydrogen (secondary N) is 3. The Morgan fingerprint density at radius 2 is 2.07 bits per heavy atom. The van der Waals surface area contributed by atoms with Crippen molar-refractivity contribution < 1.29 is 15.0 Å². The molecule has 1 aromatic carbocycles. The van der Waals surface area contributed by atoms with Crippen LogP contribution in [-0.4, -0.2) is 39.3 Å². The number of carboxylic acid groups (broad SMARTS) is 1. The van der Waals surface area contributed by atoms with Crippen molar-refractivity contribution in [1.29, 1.82) is 0 Å². The molecule has 0 aliphatic carbocycles. The van der Waals surface area contributed by atoms with E-state index >= 15 is 0 Å². The van der Waals surface area contributed by atoms with Crippen molar-refractivity contribution in [3.63, 3.8) is 0 Å². The molecule has 0 bridgehead atoms. The monoisotopic (exact) mass is 418 g/mol. The lowest BCUT2D eigenvalue weighted by Crippen LogP contribution is -2.21. The number of fused-ring (bicyclic) bond motifs is 4. The Morgan fingerprint density at radius 1 is 1.31 bits per heavy atom. The van der Waals surface area contributed by atoms with Crippen molar-refractivity contribution in [1.82, 2.24) is 14.9 Å². The standard InChI is InChI=1S/C20H22N4O4.ClH/c1-21-9-11-6-10-7-13-14(8-15(10)24(11)2)22-5-3-4-12-17(13)23-19(26)16(18(12)25)20(27)28;/h6-8,21-22H,3-5,9H2,1-2H3,(H,27,28)(H2,23,25,26);1H. The molecular formula is C20H23ClN4O4. The number of H-pyrrole nitrogens is 1. The smallest absolute Gasteiger partial charge is 0.345 e. The van der Waals surface area contributed by atoms with E-state index in [1.807, 2.05) is 26.2 Å². The van der Waals surface area contributed by atoms with Gasteiger partial charge in [-0.1, -0.05) is 0 Å². The van der Waals surface area contributed by atoms with Crippen molar-refractivity contribution in [2.24, 2.45) is 7.05 Å². The van der Waals surface area contributed by atoms with Gasteiger partial charge in [0.05, 0.1) is 11.2 Å². The molecule has 3 aromatic rings. The average Bonchev–Trinajstić information content (AvgIpc) is 2.93. The number of rotatable bonds is 3. The molecule has 0 atom stereocenters. The Balaban J connectivity index is 0.00000240. The topological polar surface area (TPSA) is 119 Å². The first-order valence-electron chi connectivity index (χ1n) is 9.15. The first kappa shape index (κ1) is 20.8. The van der Waals surface area contributed by atoms with Crippen LogP contribution in [0.4, 0.5) is 5.69 Å². The van der Waals surface area contributed by atoms with Crippen LogP contribution >= 0.6 is 12.4 Å². The van der Waals surface area contributed by atoms with Gasteiger partial charge in [-0.05, 0) is 38.1 Å². The molecule has 0 spiro atoms. The zero-order valence-electron chi connectivity index (χ0n) is 16.1. The van der Waals surface area contributed by atoms with Gasteiger partial charge < -0.3 is 30.4 Å². The maximum atomic E-state index is 12.3. The van der Waals surface area contributed by atoms with Crippen molar-refractivity contribution in [3.8, 4) is 17.0 Å². The van der Waals surface area contributed by atoms with Crippen molar-refractivity contribution >= 4 is 35.0 Å². The van der Waals surface area contributed by atoms with E-state index in [9.17, 15) is 19.8 Å². The number of carbonyl (C=O) groups is 1. The molecule has 29 heavy (non-hydrogen) atoms. The predicted molar refractivity (Wildman–Crippen MR) is 114 cm³/mol. The number of aromatic hydroxyl groups is 1. The summed E-state index contributed by atoms with van der Waals surface area (Å²) >= 11 is 0. The molecule has 0 radical (unpaired) electrons. The van der Waals surface area contributed by atoms with Crippen molar-refractivity contribution in [3.05, 3.63) is 45.4 Å². The highest BCUT2D eigenvalue weighted by molar-refractivity contribution is 5.96. The summed E-state index contributed by atoms with van der Waals surface area (Å²) in [6.45, 7) is 1.40. The van der Waals surface area contributed by atoms with Crippen molar-refractivity contribution in [2.45, 2.75) is 19.4 Å². The molecule has 5 N–H and O–H groups in total. The number of aromatic carboxylic acids is 1. The number of aromatic nitrogens is 2. The van der Waals surface area contributed by atoms with Crippen molar-refractivity contribution in [2.75, 3.05) is 18.9 Å². The van der Waals surface area contributed by atoms with Gasteiger partial charge in [-0.15, -0.1) is 12.4 Å². The van der Waals surface area contributed by atoms with Crippen LogP contribution < -0.4 is 16.2 Å². The molecule has 1 aliphatic rings. The number of halogens is 1. The summed E-state index contributed by atoms with van der Waals surface area (Å²) in [6.07, 6.45) is 1.16. The van der Waals surface area contributed by atoms with Crippen LogP contribution in [-0.2, 0) is 20.0 Å². The quantitative estimate of drug-likeness (QED) is 0.445. The summed E-state index contributed by atoms with van der Waals surface area (Å²) < 4.78 is 2.11. The SMILES string of the molecule is CNCc1cc2cc3c(cc2n1C)NCCCc1c-3[nH]c(=O)c(C(=O)O)c1O.Cl. The van der Waals surface area contributed by atoms with Gasteiger partial charge in [-0.3, -0.25) is 4.79 Å². The third kappa shape index (κ3) is 3.34. The summed E-state index contributed by atoms with van der Waals surface area (Å²) in [5.41, 5.74) is 3.27. The first-order chi connectivity index (χ1) is 13.4. The normalized spacial score (nSPS) is 12.9. The zero-order chi connectivity index (χ0) is 20.0. The van der Waals surface area contributed by atoms with Gasteiger partial charge in [0.2, 0.25) is 0 Å². The maximum Gasteiger partial charge on any atom is 0.345 e. The Hall–Kier alpha value is -2.97. The van der Waals surface area contributed by atoms with Crippen LogP contribution in [0.1, 0.15) is 28.0 Å². The number of carboxylic acids is 1. The second kappa shape index (κ2) is 7.81. The largest absolute Gasteiger partial charge is 0.506 e. The molecule has 154 valence electrons. The highest BCUT2D eigenvalue weighted by Gasteiger charge is 2.25. The fourth-order valence-electron chi connectivity index (χ4n) is 3.93. The van der Waals surface area contributed by atoms with Crippen LogP contribution in [0, 0.1) is 0 Å². The van der Waals surface area contributed by atoms with Gasteiger partial charge in [0.1, 0.15) is 5.75 Å². The Kier molecular flexibility index (Phi) is 5.59. The van der Waals surface area contributed by atoms with Gasteiger partial charge in [-0.25, -0.2) is 4.79 Å². The van der Waals surface area contributed by atoms with E-state index in [4.69, 9.17) is 0 Å². The molecule has 0 amide bonds. The predicted octanol–water partition coefficient (Wildman–Crippen LogP) is 2.44. The molecule has 1 aliphatic heterocycles. The molecule has 9 heteroatoms. The number of hydrogen-bond acceptors (Lipinski definition) is 5. The minimum atomic E-state index is -1.43. The minimum Gasteiger partial charge on any atom is -0.506 e. The van der Waals surface area contributed by atoms with Crippen LogP contribution in [0.25, 0.3) is 22.2 Å². The second-order valence-electron chi connectivity index (χ2n) is 7.05. The van der Waals surface area contributed by atoms with Gasteiger partial charge in [-0.2, -0.15) is 0 Å². The Bertz CT molecular complexity index is 1170. The molecule has 8 nitrogen and oxygen atoms in total. The fraction of sp³-hybridized carbons (Fsp3) is 0.300. The summed E-state index contributed by atoms with van der Waals surface area (Å²) in [4.78, 5) is 26.4. The molecule has 0 fully saturated rings. The van der Waals surface area contributed by atoms with Crippen LogP contribution in [0.15, 0.2) is 23.0 Å². The summed E-state index contributed by atoms with van der Waals surface area (Å²) in [6, 6.07) is 6.07. The number of nitrogens with zero attached hydrogens (tertiary/aromatic N) is 1. The van der Waals surface area contributed by atoms with E-state index in [1.165, 1.54) is 0 Å². The molecule has 0 unspecified atom stereocenters. The summed E-state index contributed by atoms with van der Waals surface area (Å²) in [7, 11) is 3.90. The molecule has 0 saturated carbocycles. The third-order valence-electron chi connectivity index (χ3n) is 5.33. The Morgan fingerprint density at radius 3 is 2.76 bits per heavy atom. The van der Waals surface area contributed by atoms with E-state index in [1.54, 1.807) is 0 Å². The van der Waals surface area contributed by atoms with E-state index in [-0.39, 0.29) is 12.4 Å². The van der Waals surface area contributed by atoms with Gasteiger partial charge in [0.15, 0.2) is 5.56 Å². The second-order valence-corrected chi connectivity index (χ2v) is 7.05. The zero-order valence-corrected chi connectivity index (χ0v) is 16.9. The molecule has 2 aromatic heterocycles. The number of aromatic amines is 1. The van der Waals surface area contributed by atoms with E-state index in [2.05, 4.69) is 26.3 Å². The van der Waals surface area contributed by atoms with Crippen LogP contribution in [0.2, 0.25) is 0 Å². The van der Waals surface area contributed by atoms with E-state index in [0.717, 1.165) is 34.4 Å². The molecule has 0 saturated heterocycles. The van der Waals surface area contributed by atoms with Gasteiger partial charge in [0, 0.05) is 48.0 Å². The minimum absolute atomic E-state index is 0. The lowest BCUT2D eigenvalue weighted by atomic mass is 9.95. The lowest BCUT2D eigenvalue weighted by molar-refractivity contribution is 0.0691. The average molecular weight is 419 g/mol. The van der Waals surface area contributed by atoms with Gasteiger partial charge >= 0.3 is 5.97 Å². The van der Waals surface area contributed by atoms with E-state index in [0.29, 0.717) is 30.6 Å². The molecular weight excluding hydrogens is 396 g/mol. The number of hydrogen-bond donors (Lipinski definition) is 5. The Labute approximate surface area is 173 Å². The number of pyridine rings is 1. The third-order valence-corrected chi connectivity index (χ3v) is 5.33. The highest BCUT2D eigenvalue weighted by Crippen LogP contribution is 2.38. The van der Waals surface area contributed by atoms with Gasteiger partial charge in [0.25, 0.3) is 5.56 Å². The lowest BCUT2D eigenvalue weighted by Gasteiger charge is -2.20. The number of aryl methyl sites for hydroxylation is 1. The summed E-state index contributed by atoms with van der Waals surface area (Å²) in [5.74, 6) is -1.87. The summed E-state index contributed by atoms with van der Waals surface area (Å²) in [5, 5.41) is 27.4. The number of benzene rings is 1. The van der Waals surface area contributed by atoms with Crippen LogP contribution in [0.5, 0.6) is 5.75 Å². The van der Waals surface area contributed by atoms with Crippen LogP contribution in [0.3, 0.4) is 0 Å². The highest BCUT2D eigenvalue weighted by atomic mass is 35.5. The first-order valence-corrected chi connectivity index (χ1v) is 9.15.